The highest BCUT2D eigenvalue weighted by Crippen LogP contribution is 2.38. The summed E-state index contributed by atoms with van der Waals surface area (Å²) in [4.78, 5) is 10.3. The Morgan fingerprint density at radius 2 is 1.94 bits per heavy atom. The van der Waals surface area contributed by atoms with Crippen molar-refractivity contribution in [3.05, 3.63) is 36.0 Å². The zero-order valence-corrected chi connectivity index (χ0v) is 17.2. The molecule has 4 rings (SSSR count). The first kappa shape index (κ1) is 21.5. The Kier molecular flexibility index (Phi) is 5.83. The monoisotopic (exact) mass is 436 g/mol. The minimum atomic E-state index is -4.59. The summed E-state index contributed by atoms with van der Waals surface area (Å²) in [5, 5.41) is 10.4. The van der Waals surface area contributed by atoms with E-state index in [2.05, 4.69) is 39.3 Å². The van der Waals surface area contributed by atoms with E-state index in [0.29, 0.717) is 35.9 Å². The Bertz CT molecular complexity index is 1050. The van der Waals surface area contributed by atoms with Gasteiger partial charge in [-0.05, 0) is 36.6 Å². The Balaban J connectivity index is 1.77. The van der Waals surface area contributed by atoms with E-state index in [4.69, 9.17) is 0 Å². The molecule has 1 saturated heterocycles. The molecule has 0 aromatic carbocycles. The number of aromatic amines is 1. The molecule has 1 aliphatic heterocycles. The van der Waals surface area contributed by atoms with Crippen LogP contribution in [0.1, 0.15) is 25.8 Å². The van der Waals surface area contributed by atoms with Gasteiger partial charge in [-0.3, -0.25) is 5.10 Å². The quantitative estimate of drug-likeness (QED) is 0.587. The molecule has 4 heterocycles. The number of hydrogen-bond acceptors (Lipinski definition) is 5. The Morgan fingerprint density at radius 3 is 2.65 bits per heavy atom. The summed E-state index contributed by atoms with van der Waals surface area (Å²) >= 11 is 0. The van der Waals surface area contributed by atoms with E-state index in [1.165, 1.54) is 12.3 Å². The molecule has 0 spiro atoms. The predicted molar refractivity (Wildman–Crippen MR) is 110 cm³/mol. The molecule has 10 heteroatoms. The van der Waals surface area contributed by atoms with Crippen LogP contribution in [0.5, 0.6) is 0 Å². The third-order valence-corrected chi connectivity index (χ3v) is 5.37. The number of H-pyrrole nitrogens is 1. The van der Waals surface area contributed by atoms with Crippen LogP contribution in [0.3, 0.4) is 0 Å². The number of hydrogen-bond donors (Lipinski definition) is 2. The molecule has 0 radical (unpaired) electrons. The van der Waals surface area contributed by atoms with Crippen LogP contribution < -0.4 is 10.2 Å². The van der Waals surface area contributed by atoms with E-state index in [9.17, 15) is 17.6 Å². The fraction of sp³-hybridized carbons (Fsp3) is 0.476. The number of halogens is 4. The van der Waals surface area contributed by atoms with Crippen molar-refractivity contribution in [2.45, 2.75) is 38.5 Å². The van der Waals surface area contributed by atoms with E-state index in [1.807, 2.05) is 4.90 Å². The van der Waals surface area contributed by atoms with Gasteiger partial charge < -0.3 is 10.2 Å². The first-order chi connectivity index (χ1) is 14.8. The highest BCUT2D eigenvalue weighted by molar-refractivity contribution is 5.90. The van der Waals surface area contributed by atoms with Crippen LogP contribution in [0.25, 0.3) is 22.4 Å². The Hall–Kier alpha value is -2.75. The molecule has 31 heavy (non-hydrogen) atoms. The molecule has 1 fully saturated rings. The zero-order chi connectivity index (χ0) is 22.2. The fourth-order valence-corrected chi connectivity index (χ4v) is 4.11. The second kappa shape index (κ2) is 8.41. The average molecular weight is 436 g/mol. The molecule has 2 N–H and O–H groups in total. The molecular weight excluding hydrogens is 412 g/mol. The molecular formula is C21H24F4N6. The van der Waals surface area contributed by atoms with Gasteiger partial charge in [0.25, 0.3) is 0 Å². The van der Waals surface area contributed by atoms with Gasteiger partial charge in [0.1, 0.15) is 18.2 Å². The third-order valence-electron chi connectivity index (χ3n) is 5.37. The zero-order valence-electron chi connectivity index (χ0n) is 17.2. The molecule has 0 aliphatic carbocycles. The summed E-state index contributed by atoms with van der Waals surface area (Å²) < 4.78 is 54.8. The molecule has 6 nitrogen and oxygen atoms in total. The third kappa shape index (κ3) is 4.48. The lowest BCUT2D eigenvalue weighted by Crippen LogP contribution is -2.58. The number of alkyl halides is 4. The van der Waals surface area contributed by atoms with Gasteiger partial charge in [0.05, 0.1) is 17.3 Å². The van der Waals surface area contributed by atoms with Crippen molar-refractivity contribution >= 4 is 16.9 Å². The van der Waals surface area contributed by atoms with Crippen LogP contribution in [-0.2, 0) is 6.18 Å². The summed E-state index contributed by atoms with van der Waals surface area (Å²) in [7, 11) is 0. The summed E-state index contributed by atoms with van der Waals surface area (Å²) in [6.07, 6.45) is -2.24. The number of nitrogens with one attached hydrogen (secondary N) is 2. The van der Waals surface area contributed by atoms with Gasteiger partial charge >= 0.3 is 6.18 Å². The van der Waals surface area contributed by atoms with Crippen LogP contribution in [0.4, 0.5) is 23.4 Å². The van der Waals surface area contributed by atoms with Gasteiger partial charge in [-0.25, -0.2) is 14.4 Å². The van der Waals surface area contributed by atoms with Crippen molar-refractivity contribution in [3.8, 4) is 11.4 Å². The molecule has 166 valence electrons. The summed E-state index contributed by atoms with van der Waals surface area (Å²) in [6.45, 7) is 4.47. The van der Waals surface area contributed by atoms with Crippen LogP contribution in [-0.4, -0.2) is 52.0 Å². The topological polar surface area (TPSA) is 69.7 Å². The number of pyridine rings is 2. The number of rotatable bonds is 5. The van der Waals surface area contributed by atoms with Crippen molar-refractivity contribution in [1.82, 2.24) is 25.5 Å². The van der Waals surface area contributed by atoms with Gasteiger partial charge in [0.15, 0.2) is 5.65 Å². The van der Waals surface area contributed by atoms with Gasteiger partial charge in [-0.2, -0.15) is 18.3 Å². The summed E-state index contributed by atoms with van der Waals surface area (Å²) in [5.41, 5.74) is -0.625. The highest BCUT2D eigenvalue weighted by atomic mass is 19.4. The van der Waals surface area contributed by atoms with E-state index in [-0.39, 0.29) is 17.4 Å². The Labute approximate surface area is 177 Å². The average Bonchev–Trinajstić information content (AvgIpc) is 3.16. The van der Waals surface area contributed by atoms with Gasteiger partial charge in [-0.15, -0.1) is 0 Å². The maximum absolute atomic E-state index is 13.8. The first-order valence-corrected chi connectivity index (χ1v) is 10.2. The maximum Gasteiger partial charge on any atom is 0.418 e. The number of nitrogens with zero attached hydrogens (tertiary/aromatic N) is 4. The second-order valence-corrected chi connectivity index (χ2v) is 8.29. The highest BCUT2D eigenvalue weighted by Gasteiger charge is 2.36. The molecule has 0 saturated carbocycles. The SMILES string of the molecule is CC(C)CC1CN(c2ccc(C(F)(F)F)c(-c3[nH]nc4ncccc34)n2)CC(CF)N1. The minimum Gasteiger partial charge on any atom is -0.353 e. The van der Waals surface area contributed by atoms with E-state index >= 15 is 0 Å². The number of piperazine rings is 1. The van der Waals surface area contributed by atoms with Gasteiger partial charge in [-0.1, -0.05) is 13.8 Å². The van der Waals surface area contributed by atoms with E-state index < -0.39 is 24.5 Å². The first-order valence-electron chi connectivity index (χ1n) is 10.2. The second-order valence-electron chi connectivity index (χ2n) is 8.29. The van der Waals surface area contributed by atoms with Crippen molar-refractivity contribution in [1.29, 1.82) is 0 Å². The van der Waals surface area contributed by atoms with Gasteiger partial charge in [0.2, 0.25) is 0 Å². The number of aromatic nitrogens is 4. The lowest BCUT2D eigenvalue weighted by atomic mass is 9.99. The van der Waals surface area contributed by atoms with Gasteiger partial charge in [0, 0.05) is 30.7 Å². The number of fused-ring (bicyclic) bond motifs is 1. The lowest BCUT2D eigenvalue weighted by molar-refractivity contribution is -0.137. The van der Waals surface area contributed by atoms with Crippen LogP contribution in [0, 0.1) is 5.92 Å². The fourth-order valence-electron chi connectivity index (χ4n) is 4.11. The van der Waals surface area contributed by atoms with Crippen molar-refractivity contribution in [2.75, 3.05) is 24.7 Å². The van der Waals surface area contributed by atoms with Crippen molar-refractivity contribution in [3.63, 3.8) is 0 Å². The molecule has 0 amide bonds. The smallest absolute Gasteiger partial charge is 0.353 e. The van der Waals surface area contributed by atoms with E-state index in [0.717, 1.165) is 12.5 Å². The van der Waals surface area contributed by atoms with Crippen LogP contribution in [0.15, 0.2) is 30.5 Å². The molecule has 2 atom stereocenters. The largest absolute Gasteiger partial charge is 0.418 e. The van der Waals surface area contributed by atoms with Crippen LogP contribution in [0.2, 0.25) is 0 Å². The van der Waals surface area contributed by atoms with Crippen molar-refractivity contribution < 1.29 is 17.6 Å². The molecule has 2 unspecified atom stereocenters. The normalized spacial score (nSPS) is 20.0. The molecule has 3 aromatic heterocycles. The minimum absolute atomic E-state index is 0.0271. The Morgan fingerprint density at radius 1 is 1.16 bits per heavy atom. The summed E-state index contributed by atoms with van der Waals surface area (Å²) in [5.74, 6) is 0.779. The molecule has 0 bridgehead atoms. The predicted octanol–water partition coefficient (Wildman–Crippen LogP) is 4.20. The molecule has 1 aliphatic rings. The lowest BCUT2D eigenvalue weighted by Gasteiger charge is -2.39. The van der Waals surface area contributed by atoms with E-state index in [1.54, 1.807) is 12.1 Å². The van der Waals surface area contributed by atoms with Crippen LogP contribution >= 0.6 is 0 Å². The number of anilines is 1. The standard InChI is InChI=1S/C21H24F4N6/c1-12(2)8-13-10-31(11-14(9-22)27-13)17-6-5-16(21(23,24)25)19(28-17)18-15-4-3-7-26-20(15)30-29-18/h3-7,12-14,27H,8-11H2,1-2H3,(H,26,29,30). The summed E-state index contributed by atoms with van der Waals surface area (Å²) in [6, 6.07) is 5.30. The molecule has 3 aromatic rings. The van der Waals surface area contributed by atoms with Crippen molar-refractivity contribution in [2.24, 2.45) is 5.92 Å². The maximum atomic E-state index is 13.8.